The fourth-order valence-corrected chi connectivity index (χ4v) is 3.53. The first-order chi connectivity index (χ1) is 10.3. The summed E-state index contributed by atoms with van der Waals surface area (Å²) >= 11 is 1.67. The van der Waals surface area contributed by atoms with Gasteiger partial charge in [-0.1, -0.05) is 30.3 Å². The van der Waals surface area contributed by atoms with Crippen molar-refractivity contribution in [1.29, 1.82) is 0 Å². The molecule has 4 rings (SSSR count). The lowest BCUT2D eigenvalue weighted by Gasteiger charge is -2.02. The van der Waals surface area contributed by atoms with Crippen LogP contribution in [0.15, 0.2) is 60.0 Å². The Morgan fingerprint density at radius 3 is 2.67 bits per heavy atom. The van der Waals surface area contributed by atoms with Crippen LogP contribution in [-0.2, 0) is 6.42 Å². The van der Waals surface area contributed by atoms with Crippen LogP contribution in [0.5, 0.6) is 5.75 Å². The molecule has 0 atom stereocenters. The van der Waals surface area contributed by atoms with Crippen LogP contribution in [-0.4, -0.2) is 10.1 Å². The number of phenols is 1. The number of fused-ring (bicyclic) bond motifs is 1. The number of aromatic hydroxyl groups is 1. The minimum Gasteiger partial charge on any atom is -0.508 e. The summed E-state index contributed by atoms with van der Waals surface area (Å²) in [6.45, 7) is 0. The third-order valence-corrected chi connectivity index (χ3v) is 4.61. The molecular weight excluding hydrogens is 278 g/mol. The monoisotopic (exact) mass is 291 g/mol. The van der Waals surface area contributed by atoms with Crippen molar-refractivity contribution in [1.82, 2.24) is 4.98 Å². The topological polar surface area (TPSA) is 33.1 Å². The van der Waals surface area contributed by atoms with Crippen molar-refractivity contribution in [2.45, 2.75) is 6.42 Å². The van der Waals surface area contributed by atoms with Crippen molar-refractivity contribution in [2.24, 2.45) is 0 Å². The summed E-state index contributed by atoms with van der Waals surface area (Å²) in [5.41, 5.74) is 5.89. The van der Waals surface area contributed by atoms with E-state index in [0.717, 1.165) is 22.7 Å². The van der Waals surface area contributed by atoms with Gasteiger partial charge in [-0.05, 0) is 41.8 Å². The Hall–Kier alpha value is -2.39. The van der Waals surface area contributed by atoms with Crippen LogP contribution in [0, 0.1) is 0 Å². The third kappa shape index (κ3) is 2.16. The summed E-state index contributed by atoms with van der Waals surface area (Å²) in [4.78, 5) is 4.76. The van der Waals surface area contributed by atoms with E-state index in [-0.39, 0.29) is 5.75 Å². The number of rotatable bonds is 2. The summed E-state index contributed by atoms with van der Waals surface area (Å²) in [5.74, 6) is 0.279. The third-order valence-electron chi connectivity index (χ3n) is 3.73. The van der Waals surface area contributed by atoms with Crippen LogP contribution in [0.25, 0.3) is 16.8 Å². The first-order valence-corrected chi connectivity index (χ1v) is 7.73. The Labute approximate surface area is 127 Å². The highest BCUT2D eigenvalue weighted by molar-refractivity contribution is 7.11. The van der Waals surface area contributed by atoms with Gasteiger partial charge in [0.25, 0.3) is 0 Å². The van der Waals surface area contributed by atoms with Gasteiger partial charge < -0.3 is 5.11 Å². The molecule has 102 valence electrons. The SMILES string of the molecule is Oc1ccc(-c2csc(C3=CCc4ccccc43)n2)cc1. The molecule has 1 aromatic heterocycles. The summed E-state index contributed by atoms with van der Waals surface area (Å²) in [6, 6.07) is 15.7. The summed E-state index contributed by atoms with van der Waals surface area (Å²) in [7, 11) is 0. The van der Waals surface area contributed by atoms with Crippen LogP contribution in [0.4, 0.5) is 0 Å². The van der Waals surface area contributed by atoms with Gasteiger partial charge in [0.05, 0.1) is 5.69 Å². The lowest BCUT2D eigenvalue weighted by molar-refractivity contribution is 0.475. The van der Waals surface area contributed by atoms with Crippen molar-refractivity contribution in [3.63, 3.8) is 0 Å². The quantitative estimate of drug-likeness (QED) is 0.754. The minimum atomic E-state index is 0.279. The largest absolute Gasteiger partial charge is 0.508 e. The molecule has 1 heterocycles. The van der Waals surface area contributed by atoms with E-state index in [2.05, 4.69) is 35.7 Å². The lowest BCUT2D eigenvalue weighted by Crippen LogP contribution is -1.86. The number of hydrogen-bond acceptors (Lipinski definition) is 3. The lowest BCUT2D eigenvalue weighted by atomic mass is 10.1. The van der Waals surface area contributed by atoms with Gasteiger partial charge in [0, 0.05) is 16.5 Å². The molecule has 0 bridgehead atoms. The van der Waals surface area contributed by atoms with Gasteiger partial charge in [0.1, 0.15) is 10.8 Å². The molecule has 3 aromatic rings. The maximum absolute atomic E-state index is 9.36. The highest BCUT2D eigenvalue weighted by Crippen LogP contribution is 2.35. The van der Waals surface area contributed by atoms with E-state index in [0.29, 0.717) is 0 Å². The van der Waals surface area contributed by atoms with Gasteiger partial charge in [0.2, 0.25) is 0 Å². The molecule has 0 aliphatic heterocycles. The fraction of sp³-hybridized carbons (Fsp3) is 0.0556. The number of aromatic nitrogens is 1. The molecule has 0 saturated heterocycles. The highest BCUT2D eigenvalue weighted by atomic mass is 32.1. The van der Waals surface area contributed by atoms with Crippen molar-refractivity contribution in [2.75, 3.05) is 0 Å². The van der Waals surface area contributed by atoms with E-state index < -0.39 is 0 Å². The van der Waals surface area contributed by atoms with E-state index in [4.69, 9.17) is 4.98 Å². The molecule has 1 aliphatic carbocycles. The molecular formula is C18H13NOS. The van der Waals surface area contributed by atoms with Gasteiger partial charge in [0.15, 0.2) is 0 Å². The van der Waals surface area contributed by atoms with Gasteiger partial charge in [-0.3, -0.25) is 0 Å². The maximum atomic E-state index is 9.36. The zero-order valence-electron chi connectivity index (χ0n) is 11.3. The van der Waals surface area contributed by atoms with Crippen molar-refractivity contribution in [3.8, 4) is 17.0 Å². The summed E-state index contributed by atoms with van der Waals surface area (Å²) in [5, 5.41) is 12.5. The normalized spacial score (nSPS) is 13.0. The molecule has 0 unspecified atom stereocenters. The maximum Gasteiger partial charge on any atom is 0.124 e. The Kier molecular flexibility index (Phi) is 2.86. The van der Waals surface area contributed by atoms with Gasteiger partial charge >= 0.3 is 0 Å². The average Bonchev–Trinajstić information content (AvgIpc) is 3.14. The van der Waals surface area contributed by atoms with Gasteiger partial charge in [-0.2, -0.15) is 0 Å². The number of thiazole rings is 1. The van der Waals surface area contributed by atoms with Crippen LogP contribution in [0.1, 0.15) is 16.1 Å². The highest BCUT2D eigenvalue weighted by Gasteiger charge is 2.17. The van der Waals surface area contributed by atoms with Crippen LogP contribution in [0.2, 0.25) is 0 Å². The molecule has 3 heteroatoms. The number of hydrogen-bond donors (Lipinski definition) is 1. The molecule has 0 amide bonds. The predicted octanol–water partition coefficient (Wildman–Crippen LogP) is 4.50. The number of allylic oxidation sites excluding steroid dienone is 1. The second kappa shape index (κ2) is 4.86. The van der Waals surface area contributed by atoms with Crippen molar-refractivity contribution >= 4 is 16.9 Å². The molecule has 2 nitrogen and oxygen atoms in total. The van der Waals surface area contributed by atoms with Crippen molar-refractivity contribution < 1.29 is 5.11 Å². The minimum absolute atomic E-state index is 0.279. The molecule has 0 spiro atoms. The zero-order valence-corrected chi connectivity index (χ0v) is 12.1. The van der Waals surface area contributed by atoms with Crippen LogP contribution < -0.4 is 0 Å². The van der Waals surface area contributed by atoms with Crippen molar-refractivity contribution in [3.05, 3.63) is 76.1 Å². The van der Waals surface area contributed by atoms with Gasteiger partial charge in [-0.15, -0.1) is 11.3 Å². The van der Waals surface area contributed by atoms with E-state index in [1.807, 2.05) is 12.1 Å². The first kappa shape index (κ1) is 12.4. The Balaban J connectivity index is 1.71. The Morgan fingerprint density at radius 2 is 1.81 bits per heavy atom. The summed E-state index contributed by atoms with van der Waals surface area (Å²) in [6.07, 6.45) is 3.24. The standard InChI is InChI=1S/C18H13NOS/c20-14-8-5-13(6-9-14)17-11-21-18(19-17)16-10-7-12-3-1-2-4-15(12)16/h1-6,8-11,20H,7H2. The molecule has 2 aromatic carbocycles. The Morgan fingerprint density at radius 1 is 1.00 bits per heavy atom. The number of nitrogens with zero attached hydrogens (tertiary/aromatic N) is 1. The summed E-state index contributed by atoms with van der Waals surface area (Å²) < 4.78 is 0. The number of phenolic OH excluding ortho intramolecular Hbond substituents is 1. The molecule has 0 fully saturated rings. The smallest absolute Gasteiger partial charge is 0.124 e. The number of benzene rings is 2. The van der Waals surface area contributed by atoms with Gasteiger partial charge in [-0.25, -0.2) is 4.98 Å². The predicted molar refractivity (Wildman–Crippen MR) is 86.4 cm³/mol. The van der Waals surface area contributed by atoms with E-state index in [1.54, 1.807) is 23.5 Å². The fourth-order valence-electron chi connectivity index (χ4n) is 2.65. The second-order valence-electron chi connectivity index (χ2n) is 5.06. The Bertz CT molecular complexity index is 830. The molecule has 0 saturated carbocycles. The van der Waals surface area contributed by atoms with Crippen LogP contribution >= 0.6 is 11.3 Å². The second-order valence-corrected chi connectivity index (χ2v) is 5.92. The first-order valence-electron chi connectivity index (χ1n) is 6.85. The van der Waals surface area contributed by atoms with E-state index in [9.17, 15) is 5.11 Å². The molecule has 1 N–H and O–H groups in total. The molecule has 21 heavy (non-hydrogen) atoms. The zero-order chi connectivity index (χ0) is 14.2. The average molecular weight is 291 g/mol. The van der Waals surface area contributed by atoms with Crippen LogP contribution in [0.3, 0.4) is 0 Å². The molecule has 0 radical (unpaired) electrons. The van der Waals surface area contributed by atoms with E-state index in [1.165, 1.54) is 16.7 Å². The molecule has 1 aliphatic rings. The van der Waals surface area contributed by atoms with E-state index >= 15 is 0 Å².